The predicted molar refractivity (Wildman–Crippen MR) is 84.5 cm³/mol. The molecular weight excluding hydrogens is 278 g/mol. The van der Waals surface area contributed by atoms with Crippen LogP contribution in [0.2, 0.25) is 0 Å². The van der Waals surface area contributed by atoms with Gasteiger partial charge in [0.2, 0.25) is 5.91 Å². The Hall–Kier alpha value is -2.04. The molecule has 2 atom stereocenters. The molecule has 0 radical (unpaired) electrons. The van der Waals surface area contributed by atoms with Gasteiger partial charge < -0.3 is 15.5 Å². The van der Waals surface area contributed by atoms with Crippen molar-refractivity contribution in [2.45, 2.75) is 31.7 Å². The minimum atomic E-state index is -0.161. The van der Waals surface area contributed by atoms with E-state index in [4.69, 9.17) is 0 Å². The van der Waals surface area contributed by atoms with Crippen LogP contribution in [0.3, 0.4) is 0 Å². The van der Waals surface area contributed by atoms with Crippen LogP contribution in [0.5, 0.6) is 0 Å². The summed E-state index contributed by atoms with van der Waals surface area (Å²) in [6, 6.07) is 10.3. The predicted octanol–water partition coefficient (Wildman–Crippen LogP) is 1.71. The number of amides is 3. The maximum atomic E-state index is 12.5. The van der Waals surface area contributed by atoms with Crippen LogP contribution in [0.15, 0.2) is 30.3 Å². The molecule has 5 nitrogen and oxygen atoms in total. The molecule has 2 aliphatic rings. The van der Waals surface area contributed by atoms with Crippen LogP contribution in [0.25, 0.3) is 0 Å². The van der Waals surface area contributed by atoms with Crippen LogP contribution in [0.4, 0.5) is 4.79 Å². The fourth-order valence-electron chi connectivity index (χ4n) is 3.07. The number of carbonyl (C=O) groups is 2. The summed E-state index contributed by atoms with van der Waals surface area (Å²) in [5, 5.41) is 5.92. The minimum Gasteiger partial charge on any atom is -0.353 e. The highest BCUT2D eigenvalue weighted by Crippen LogP contribution is 2.33. The monoisotopic (exact) mass is 301 g/mol. The van der Waals surface area contributed by atoms with E-state index in [9.17, 15) is 9.59 Å². The van der Waals surface area contributed by atoms with Crippen molar-refractivity contribution in [3.8, 4) is 0 Å². The number of nitrogens with one attached hydrogen (secondary N) is 2. The molecule has 0 bridgehead atoms. The molecule has 0 aromatic heterocycles. The Morgan fingerprint density at radius 1 is 1.18 bits per heavy atom. The van der Waals surface area contributed by atoms with Crippen LogP contribution in [-0.2, 0) is 4.79 Å². The molecule has 0 spiro atoms. The first-order valence-electron chi connectivity index (χ1n) is 8.07. The van der Waals surface area contributed by atoms with Crippen molar-refractivity contribution in [1.82, 2.24) is 15.5 Å². The van der Waals surface area contributed by atoms with Gasteiger partial charge in [0.25, 0.3) is 0 Å². The molecule has 1 aliphatic heterocycles. The zero-order valence-electron chi connectivity index (χ0n) is 12.9. The standard InChI is InChI=1S/C17H23N3O2/c1-2-18-17(22)20-10-14(12-6-4-3-5-7-12)15(11-20)16(21)19-13-8-9-13/h3-7,13-15H,2,8-11H2,1H3,(H,18,22)(H,19,21)/t14-,15-/m1/s1. The second kappa shape index (κ2) is 6.38. The summed E-state index contributed by atoms with van der Waals surface area (Å²) >= 11 is 0. The summed E-state index contributed by atoms with van der Waals surface area (Å²) < 4.78 is 0. The summed E-state index contributed by atoms with van der Waals surface area (Å²) in [7, 11) is 0. The Balaban J connectivity index is 1.76. The van der Waals surface area contributed by atoms with Crippen molar-refractivity contribution in [2.75, 3.05) is 19.6 Å². The zero-order valence-corrected chi connectivity index (χ0v) is 12.9. The average molecular weight is 301 g/mol. The van der Waals surface area contributed by atoms with Gasteiger partial charge in [-0.05, 0) is 25.3 Å². The van der Waals surface area contributed by atoms with Crippen molar-refractivity contribution in [1.29, 1.82) is 0 Å². The largest absolute Gasteiger partial charge is 0.353 e. The smallest absolute Gasteiger partial charge is 0.317 e. The van der Waals surface area contributed by atoms with Gasteiger partial charge in [-0.25, -0.2) is 4.79 Å². The lowest BCUT2D eigenvalue weighted by Crippen LogP contribution is -2.40. The lowest BCUT2D eigenvalue weighted by molar-refractivity contribution is -0.125. The van der Waals surface area contributed by atoms with Crippen molar-refractivity contribution in [3.05, 3.63) is 35.9 Å². The Bertz CT molecular complexity index is 542. The summed E-state index contributed by atoms with van der Waals surface area (Å²) in [6.45, 7) is 3.59. The number of likely N-dealkylation sites (tertiary alicyclic amines) is 1. The molecule has 3 amide bonds. The number of nitrogens with zero attached hydrogens (tertiary/aromatic N) is 1. The summed E-state index contributed by atoms with van der Waals surface area (Å²) in [5.74, 6) is -0.00341. The number of benzene rings is 1. The van der Waals surface area contributed by atoms with Gasteiger partial charge in [-0.15, -0.1) is 0 Å². The Morgan fingerprint density at radius 2 is 1.91 bits per heavy atom. The third-order valence-corrected chi connectivity index (χ3v) is 4.42. The molecule has 1 saturated carbocycles. The van der Waals surface area contributed by atoms with Gasteiger partial charge in [0.1, 0.15) is 0 Å². The van der Waals surface area contributed by atoms with E-state index in [-0.39, 0.29) is 23.8 Å². The van der Waals surface area contributed by atoms with Crippen LogP contribution in [0, 0.1) is 5.92 Å². The third kappa shape index (κ3) is 3.24. The van der Waals surface area contributed by atoms with E-state index in [1.54, 1.807) is 4.90 Å². The van der Waals surface area contributed by atoms with E-state index in [0.29, 0.717) is 25.7 Å². The second-order valence-electron chi connectivity index (χ2n) is 6.15. The maximum Gasteiger partial charge on any atom is 0.317 e. The SMILES string of the molecule is CCNC(=O)N1C[C@H](c2ccccc2)[C@H](C(=O)NC2CC2)C1. The highest BCUT2D eigenvalue weighted by molar-refractivity contribution is 5.83. The fourth-order valence-corrected chi connectivity index (χ4v) is 3.07. The average Bonchev–Trinajstić information content (AvgIpc) is 3.22. The van der Waals surface area contributed by atoms with E-state index in [1.807, 2.05) is 37.3 Å². The van der Waals surface area contributed by atoms with E-state index in [2.05, 4.69) is 10.6 Å². The lowest BCUT2D eigenvalue weighted by Gasteiger charge is -2.17. The molecule has 1 aromatic rings. The number of hydrogen-bond donors (Lipinski definition) is 2. The Kier molecular flexibility index (Phi) is 4.32. The highest BCUT2D eigenvalue weighted by Gasteiger charge is 2.41. The fraction of sp³-hybridized carbons (Fsp3) is 0.529. The van der Waals surface area contributed by atoms with Crippen LogP contribution in [-0.4, -0.2) is 42.5 Å². The van der Waals surface area contributed by atoms with Gasteiger partial charge in [-0.2, -0.15) is 0 Å². The molecular formula is C17H23N3O2. The van der Waals surface area contributed by atoms with Gasteiger partial charge in [0, 0.05) is 31.6 Å². The lowest BCUT2D eigenvalue weighted by atomic mass is 9.88. The van der Waals surface area contributed by atoms with Crippen molar-refractivity contribution >= 4 is 11.9 Å². The van der Waals surface area contributed by atoms with Gasteiger partial charge >= 0.3 is 6.03 Å². The Labute approximate surface area is 131 Å². The molecule has 0 unspecified atom stereocenters. The molecule has 1 aliphatic carbocycles. The van der Waals surface area contributed by atoms with Crippen molar-refractivity contribution in [2.24, 2.45) is 5.92 Å². The van der Waals surface area contributed by atoms with Gasteiger partial charge in [-0.1, -0.05) is 30.3 Å². The molecule has 2 fully saturated rings. The topological polar surface area (TPSA) is 61.4 Å². The quantitative estimate of drug-likeness (QED) is 0.889. The van der Waals surface area contributed by atoms with Gasteiger partial charge in [0.05, 0.1) is 5.92 Å². The summed E-state index contributed by atoms with van der Waals surface area (Å²) in [4.78, 5) is 26.4. The first-order valence-corrected chi connectivity index (χ1v) is 8.07. The number of urea groups is 1. The van der Waals surface area contributed by atoms with E-state index in [0.717, 1.165) is 18.4 Å². The van der Waals surface area contributed by atoms with E-state index in [1.165, 1.54) is 0 Å². The molecule has 118 valence electrons. The van der Waals surface area contributed by atoms with Crippen LogP contribution >= 0.6 is 0 Å². The number of rotatable bonds is 4. The molecule has 2 N–H and O–H groups in total. The second-order valence-corrected chi connectivity index (χ2v) is 6.15. The summed E-state index contributed by atoms with van der Waals surface area (Å²) in [6.07, 6.45) is 2.16. The maximum absolute atomic E-state index is 12.5. The normalized spacial score (nSPS) is 24.1. The van der Waals surface area contributed by atoms with Crippen molar-refractivity contribution in [3.63, 3.8) is 0 Å². The number of hydrogen-bond acceptors (Lipinski definition) is 2. The molecule has 1 aromatic carbocycles. The first kappa shape index (κ1) is 14.9. The van der Waals surface area contributed by atoms with Crippen LogP contribution in [0.1, 0.15) is 31.2 Å². The molecule has 22 heavy (non-hydrogen) atoms. The zero-order chi connectivity index (χ0) is 15.5. The molecule has 1 heterocycles. The molecule has 5 heteroatoms. The van der Waals surface area contributed by atoms with E-state index < -0.39 is 0 Å². The highest BCUT2D eigenvalue weighted by atomic mass is 16.2. The van der Waals surface area contributed by atoms with Gasteiger partial charge in [-0.3, -0.25) is 4.79 Å². The molecule has 1 saturated heterocycles. The number of carbonyl (C=O) groups excluding carboxylic acids is 2. The van der Waals surface area contributed by atoms with E-state index >= 15 is 0 Å². The van der Waals surface area contributed by atoms with Crippen LogP contribution < -0.4 is 10.6 Å². The first-order chi connectivity index (χ1) is 10.7. The summed E-state index contributed by atoms with van der Waals surface area (Å²) in [5.41, 5.74) is 1.13. The third-order valence-electron chi connectivity index (χ3n) is 4.42. The van der Waals surface area contributed by atoms with Gasteiger partial charge in [0.15, 0.2) is 0 Å². The molecule has 3 rings (SSSR count). The van der Waals surface area contributed by atoms with Crippen molar-refractivity contribution < 1.29 is 9.59 Å². The minimum absolute atomic E-state index is 0.0718. The Morgan fingerprint density at radius 3 is 2.55 bits per heavy atom.